The van der Waals surface area contributed by atoms with E-state index in [1.807, 2.05) is 6.92 Å². The molecule has 4 N–H and O–H groups in total. The number of thiazole rings is 1. The average Bonchev–Trinajstić information content (AvgIpc) is 3.45. The second-order valence-electron chi connectivity index (χ2n) is 9.80. The molecule has 5 rings (SSSR count). The van der Waals surface area contributed by atoms with Crippen molar-refractivity contribution in [3.05, 3.63) is 86.1 Å². The molecule has 0 radical (unpaired) electrons. The molecule has 1 aliphatic rings. The standard InChI is InChI=1S/C26H20BrF3N4O3S.C2HF3O2/c1-13-9-20(33-19-11-16(6-8-31-19)26(28,29)30)34-22(21(13)27)18-12-32-24(38-18)25(37)7-2-3-14-10-15(23(35)36)4-5-17(14)25;3-2(4,5)1(6)7/h4-6,8-12,37H,2-3,7H2,1H3,(H,35,36)(H,31,33,34);(H,6,7)/t25-;/m1./s1. The highest BCUT2D eigenvalue weighted by Crippen LogP contribution is 2.43. The van der Waals surface area contributed by atoms with E-state index in [-0.39, 0.29) is 11.4 Å². The number of carboxylic acids is 2. The number of H-pyrrole nitrogens is 1. The monoisotopic (exact) mass is 718 g/mol. The van der Waals surface area contributed by atoms with E-state index < -0.39 is 35.5 Å². The third-order valence-corrected chi connectivity index (χ3v) is 8.84. The molecule has 3 aromatic heterocycles. The second-order valence-corrected chi connectivity index (χ2v) is 11.6. The molecule has 238 valence electrons. The first-order valence-corrected chi connectivity index (χ1v) is 14.4. The zero-order valence-electron chi connectivity index (χ0n) is 22.8. The lowest BCUT2D eigenvalue weighted by molar-refractivity contribution is -0.397. The number of fused-ring (bicyclic) bond motifs is 1. The van der Waals surface area contributed by atoms with Gasteiger partial charge in [-0.05, 0) is 89.1 Å². The van der Waals surface area contributed by atoms with Crippen molar-refractivity contribution in [1.82, 2.24) is 9.97 Å². The lowest BCUT2D eigenvalue weighted by atomic mass is 9.79. The fourth-order valence-electron chi connectivity index (χ4n) is 4.55. The molecule has 0 fully saturated rings. The summed E-state index contributed by atoms with van der Waals surface area (Å²) >= 11 is 4.86. The number of hydrogen-bond donors (Lipinski definition) is 3. The number of aromatic nitrogens is 3. The Balaban J connectivity index is 0.000000591. The van der Waals surface area contributed by atoms with Gasteiger partial charge in [0.05, 0.1) is 11.1 Å². The first kappa shape index (κ1) is 33.8. The van der Waals surface area contributed by atoms with Gasteiger partial charge in [0.15, 0.2) is 11.8 Å². The number of aromatic carboxylic acids is 1. The van der Waals surface area contributed by atoms with E-state index in [4.69, 9.17) is 9.90 Å². The smallest absolute Gasteiger partial charge is 0.430 e. The highest BCUT2D eigenvalue weighted by Gasteiger charge is 2.43. The number of aliphatic carboxylic acids is 1. The molecule has 9 nitrogen and oxygen atoms in total. The van der Waals surface area contributed by atoms with Gasteiger partial charge in [0.25, 0.3) is 5.01 Å². The fourth-order valence-corrected chi connectivity index (χ4v) is 6.18. The normalized spacial score (nSPS) is 16.3. The van der Waals surface area contributed by atoms with Gasteiger partial charge in [0, 0.05) is 10.7 Å². The summed E-state index contributed by atoms with van der Waals surface area (Å²) in [5.41, 5.74) is 0.803. The quantitative estimate of drug-likeness (QED) is 0.232. The second kappa shape index (κ2) is 12.7. The van der Waals surface area contributed by atoms with Crippen LogP contribution in [0, 0.1) is 6.92 Å². The Morgan fingerprint density at radius 1 is 1.11 bits per heavy atom. The molecule has 0 spiro atoms. The molecule has 45 heavy (non-hydrogen) atoms. The lowest BCUT2D eigenvalue weighted by Crippen LogP contribution is -2.37. The van der Waals surface area contributed by atoms with Crippen LogP contribution < -0.4 is 15.4 Å². The molecule has 1 aliphatic carbocycles. The van der Waals surface area contributed by atoms with E-state index in [0.717, 1.165) is 29.5 Å². The number of carbonyl (C=O) groups is 2. The van der Waals surface area contributed by atoms with Crippen molar-refractivity contribution >= 4 is 50.8 Å². The van der Waals surface area contributed by atoms with Gasteiger partial charge in [-0.1, -0.05) is 17.4 Å². The number of aryl methyl sites for hydroxylation is 2. The Hall–Kier alpha value is -4.09. The summed E-state index contributed by atoms with van der Waals surface area (Å²) < 4.78 is 71.6. The SMILES string of the molecule is Cc1cc(Nc2cc(C(F)(F)F)ccn2)nc(-c2c[nH+]c([C@@]3(O)CCCc4cc(C(=O)O)ccc43)s2)c1Br.O=C([O-])C(F)(F)F. The number of anilines is 2. The van der Waals surface area contributed by atoms with Crippen molar-refractivity contribution in [3.63, 3.8) is 0 Å². The lowest BCUT2D eigenvalue weighted by Gasteiger charge is -2.30. The summed E-state index contributed by atoms with van der Waals surface area (Å²) in [6, 6.07) is 8.27. The van der Waals surface area contributed by atoms with E-state index in [0.29, 0.717) is 50.7 Å². The third kappa shape index (κ3) is 7.59. The number of nitrogens with one attached hydrogen (secondary N) is 2. The molecule has 1 atom stereocenters. The number of nitrogens with zero attached hydrogens (tertiary/aromatic N) is 2. The van der Waals surface area contributed by atoms with Crippen LogP contribution in [-0.4, -0.2) is 38.3 Å². The molecule has 4 aromatic rings. The Morgan fingerprint density at radius 3 is 2.42 bits per heavy atom. The zero-order chi connectivity index (χ0) is 33.3. The minimum Gasteiger partial charge on any atom is -0.542 e. The molecule has 0 saturated heterocycles. The summed E-state index contributed by atoms with van der Waals surface area (Å²) in [4.78, 5) is 32.6. The maximum absolute atomic E-state index is 13.1. The van der Waals surface area contributed by atoms with Gasteiger partial charge in [0.1, 0.15) is 28.2 Å². The number of benzene rings is 1. The topological polar surface area (TPSA) is 150 Å². The highest BCUT2D eigenvalue weighted by molar-refractivity contribution is 9.10. The molecule has 3 heterocycles. The first-order valence-electron chi connectivity index (χ1n) is 12.8. The zero-order valence-corrected chi connectivity index (χ0v) is 25.2. The number of hydrogen-bond acceptors (Lipinski definition) is 8. The fraction of sp³-hybridized carbons (Fsp3) is 0.250. The van der Waals surface area contributed by atoms with Gasteiger partial charge in [-0.2, -0.15) is 26.3 Å². The number of halogens is 7. The number of pyridine rings is 2. The van der Waals surface area contributed by atoms with Crippen molar-refractivity contribution in [3.8, 4) is 10.6 Å². The predicted octanol–water partition coefficient (Wildman–Crippen LogP) is 5.42. The highest BCUT2D eigenvalue weighted by atomic mass is 79.9. The summed E-state index contributed by atoms with van der Waals surface area (Å²) in [7, 11) is 0. The minimum absolute atomic E-state index is 0.00674. The van der Waals surface area contributed by atoms with Crippen molar-refractivity contribution in [1.29, 1.82) is 0 Å². The summed E-state index contributed by atoms with van der Waals surface area (Å²) in [6.45, 7) is 1.84. The van der Waals surface area contributed by atoms with E-state index in [1.54, 1.807) is 24.4 Å². The Kier molecular flexibility index (Phi) is 9.56. The van der Waals surface area contributed by atoms with Crippen molar-refractivity contribution in [2.75, 3.05) is 5.32 Å². The van der Waals surface area contributed by atoms with Crippen LogP contribution in [0.15, 0.2) is 53.3 Å². The number of aromatic amines is 1. The molecule has 0 unspecified atom stereocenters. The van der Waals surface area contributed by atoms with E-state index in [2.05, 4.69) is 36.2 Å². The van der Waals surface area contributed by atoms with Gasteiger partial charge in [-0.3, -0.25) is 0 Å². The number of alkyl halides is 6. The molecule has 17 heteroatoms. The molecule has 1 aromatic carbocycles. The Morgan fingerprint density at radius 2 is 1.80 bits per heavy atom. The average molecular weight is 719 g/mol. The van der Waals surface area contributed by atoms with Crippen LogP contribution in [0.3, 0.4) is 0 Å². The molecular weight excluding hydrogens is 698 g/mol. The van der Waals surface area contributed by atoms with E-state index in [1.165, 1.54) is 17.4 Å². The van der Waals surface area contributed by atoms with Crippen LogP contribution in [0.2, 0.25) is 0 Å². The number of rotatable bonds is 5. The maximum Gasteiger partial charge on any atom is 0.430 e. The molecule has 0 amide bonds. The van der Waals surface area contributed by atoms with Crippen LogP contribution in [0.5, 0.6) is 0 Å². The Bertz CT molecular complexity index is 1760. The minimum atomic E-state index is -5.19. The van der Waals surface area contributed by atoms with Gasteiger partial charge < -0.3 is 25.4 Å². The van der Waals surface area contributed by atoms with Crippen LogP contribution in [0.4, 0.5) is 38.0 Å². The molecule has 0 bridgehead atoms. The van der Waals surface area contributed by atoms with Crippen molar-refractivity contribution in [2.45, 2.75) is 44.1 Å². The summed E-state index contributed by atoms with van der Waals surface area (Å²) in [6.07, 6.45) is -5.08. The van der Waals surface area contributed by atoms with Crippen LogP contribution >= 0.6 is 27.3 Å². The third-order valence-electron chi connectivity index (χ3n) is 6.65. The summed E-state index contributed by atoms with van der Waals surface area (Å²) in [5.74, 6) is -3.71. The molecule has 0 aliphatic heterocycles. The van der Waals surface area contributed by atoms with Crippen LogP contribution in [-0.2, 0) is 23.0 Å². The van der Waals surface area contributed by atoms with Crippen LogP contribution in [0.25, 0.3) is 10.6 Å². The van der Waals surface area contributed by atoms with Gasteiger partial charge in [-0.25, -0.2) is 19.7 Å². The van der Waals surface area contributed by atoms with E-state index in [9.17, 15) is 41.4 Å². The van der Waals surface area contributed by atoms with E-state index >= 15 is 0 Å². The first-order chi connectivity index (χ1) is 20.9. The summed E-state index contributed by atoms with van der Waals surface area (Å²) in [5, 5.41) is 33.3. The number of carbonyl (C=O) groups excluding carboxylic acids is 1. The van der Waals surface area contributed by atoms with Crippen molar-refractivity contribution < 1.29 is 56.2 Å². The largest absolute Gasteiger partial charge is 0.542 e. The van der Waals surface area contributed by atoms with Gasteiger partial charge in [-0.15, -0.1) is 0 Å². The predicted molar refractivity (Wildman–Crippen MR) is 149 cm³/mol. The van der Waals surface area contributed by atoms with Crippen molar-refractivity contribution in [2.24, 2.45) is 0 Å². The van der Waals surface area contributed by atoms with Gasteiger partial charge >= 0.3 is 18.3 Å². The molecule has 0 saturated carbocycles. The van der Waals surface area contributed by atoms with Crippen LogP contribution in [0.1, 0.15) is 50.5 Å². The maximum atomic E-state index is 13.1. The Labute approximate surface area is 262 Å². The number of aliphatic hydroxyl groups is 1. The molecular formula is C28H21BrF6N4O5S. The number of carboxylic acid groups (broad SMARTS) is 2. The van der Waals surface area contributed by atoms with Gasteiger partial charge in [0.2, 0.25) is 0 Å².